The van der Waals surface area contributed by atoms with Crippen LogP contribution in [0.4, 0.5) is 5.69 Å². The molecule has 2 amide bonds. The highest BCUT2D eigenvalue weighted by atomic mass is 32.1. The van der Waals surface area contributed by atoms with Crippen LogP contribution in [0.15, 0.2) is 35.8 Å². The van der Waals surface area contributed by atoms with E-state index in [1.807, 2.05) is 18.5 Å². The van der Waals surface area contributed by atoms with Gasteiger partial charge < -0.3 is 19.7 Å². The zero-order chi connectivity index (χ0) is 43.3. The van der Waals surface area contributed by atoms with Crippen LogP contribution < -0.4 is 20.2 Å². The third-order valence-electron chi connectivity index (χ3n) is 13.6. The molecule has 4 fully saturated rings. The molecular formula is C46H59N10O5S+. The maximum Gasteiger partial charge on any atom is 0.324 e. The molecule has 4 aromatic rings. The number of nitrogens with one attached hydrogen (secondary N) is 2. The number of piperazine rings is 1. The van der Waals surface area contributed by atoms with Crippen LogP contribution in [0.5, 0.6) is 0 Å². The number of nitrogens with zero attached hydrogens (tertiary/aromatic N) is 8. The first kappa shape index (κ1) is 42.4. The number of imidazole rings is 1. The van der Waals surface area contributed by atoms with Gasteiger partial charge in [-0.3, -0.25) is 29.3 Å². The van der Waals surface area contributed by atoms with Gasteiger partial charge in [0.25, 0.3) is 11.7 Å². The number of benzene rings is 1. The molecule has 16 heteroatoms. The van der Waals surface area contributed by atoms with Crippen LogP contribution in [0.25, 0.3) is 33.7 Å². The van der Waals surface area contributed by atoms with Crippen LogP contribution in [0.1, 0.15) is 83.0 Å². The summed E-state index contributed by atoms with van der Waals surface area (Å²) in [6, 6.07) is 10.0. The molecule has 1 aromatic carbocycles. The largest absolute Gasteiger partial charge is 0.464 e. The molecule has 2 aliphatic carbocycles. The van der Waals surface area contributed by atoms with Gasteiger partial charge in [-0.2, -0.15) is 5.26 Å². The number of anilines is 1. The Morgan fingerprint density at radius 2 is 1.94 bits per heavy atom. The van der Waals surface area contributed by atoms with Crippen molar-refractivity contribution in [3.63, 3.8) is 0 Å². The number of carbonyl (C=O) groups excluding carboxylic acids is 3. The van der Waals surface area contributed by atoms with Crippen molar-refractivity contribution in [1.29, 1.82) is 5.26 Å². The molecule has 0 spiro atoms. The van der Waals surface area contributed by atoms with E-state index >= 15 is 0 Å². The standard InChI is InChI=1S/C46H58N10O5S/c1-6-54-38-14-10-29-20-39(38)55(43(54)34-21-32(24-48-41(34)28(2)60-5)53-18-16-52(17-19-53)31-11-12-31)26-46(3,4)27-61-45(59)35-8-7-15-56(51-35)44(58)36(22-40-49-37(29)25-62-40)50-42(57)33-13-9-30(33)23-47/h10,14,20-21,24-25,28,30-31,33,35-36,51H,6-9,11-13,15-19,22,26-27H2,1-5H3/p+1/t28-,30-,33+,35-,36-/m0/s1. The third-order valence-corrected chi connectivity index (χ3v) is 14.4. The lowest BCUT2D eigenvalue weighted by Gasteiger charge is -2.36. The van der Waals surface area contributed by atoms with E-state index in [9.17, 15) is 19.6 Å². The number of carbonyl (C=O) groups is 3. The van der Waals surface area contributed by atoms with E-state index in [0.29, 0.717) is 50.3 Å². The molecule has 2 saturated heterocycles. The number of pyridine rings is 1. The Labute approximate surface area is 367 Å². The molecule has 2 N–H and O–H groups in total. The van der Waals surface area contributed by atoms with E-state index in [1.165, 1.54) is 29.2 Å². The Morgan fingerprint density at radius 3 is 2.65 bits per heavy atom. The third kappa shape index (κ3) is 8.32. The summed E-state index contributed by atoms with van der Waals surface area (Å²) in [5, 5.41) is 16.7. The second-order valence-corrected chi connectivity index (χ2v) is 19.5. The first-order valence-electron chi connectivity index (χ1n) is 22.4. The van der Waals surface area contributed by atoms with Crippen LogP contribution in [0, 0.1) is 28.6 Å². The second-order valence-electron chi connectivity index (χ2n) is 18.5. The number of thiazole rings is 1. The highest BCUT2D eigenvalue weighted by Gasteiger charge is 2.41. The Balaban J connectivity index is 1.14. The minimum absolute atomic E-state index is 0.142. The number of methoxy groups -OCH3 is 1. The second kappa shape index (κ2) is 17.3. The predicted molar refractivity (Wildman–Crippen MR) is 234 cm³/mol. The maximum atomic E-state index is 14.2. The van der Waals surface area contributed by atoms with Gasteiger partial charge in [-0.25, -0.2) is 19.5 Å². The molecule has 9 rings (SSSR count). The molecule has 6 bridgehead atoms. The number of rotatable bonds is 8. The Hall–Kier alpha value is -4.95. The Bertz CT molecular complexity index is 2390. The molecule has 62 heavy (non-hydrogen) atoms. The smallest absolute Gasteiger partial charge is 0.324 e. The van der Waals surface area contributed by atoms with E-state index in [2.05, 4.69) is 80.8 Å². The van der Waals surface area contributed by atoms with Crippen LogP contribution in [-0.2, 0) is 43.4 Å². The number of aryl methyl sites for hydroxylation is 1. The van der Waals surface area contributed by atoms with Crippen molar-refractivity contribution in [1.82, 2.24) is 35.2 Å². The minimum Gasteiger partial charge on any atom is -0.464 e. The first-order chi connectivity index (χ1) is 29.9. The number of hydrazine groups is 1. The number of esters is 1. The van der Waals surface area contributed by atoms with Crippen LogP contribution in [0.3, 0.4) is 0 Å². The number of cyclic esters (lactones) is 1. The number of ether oxygens (including phenoxy) is 2. The molecule has 0 radical (unpaired) electrons. The van der Waals surface area contributed by atoms with Gasteiger partial charge in [0.1, 0.15) is 18.7 Å². The normalized spacial score (nSPS) is 25.1. The van der Waals surface area contributed by atoms with Crippen LogP contribution >= 0.6 is 11.3 Å². The molecule has 5 aliphatic rings. The Morgan fingerprint density at radius 1 is 1.13 bits per heavy atom. The van der Waals surface area contributed by atoms with Crippen LogP contribution in [-0.4, -0.2) is 107 Å². The number of aromatic nitrogens is 4. The van der Waals surface area contributed by atoms with Crippen molar-refractivity contribution in [2.45, 2.75) is 110 Å². The summed E-state index contributed by atoms with van der Waals surface area (Å²) in [4.78, 5) is 56.9. The number of hydrogen-bond donors (Lipinski definition) is 2. The molecule has 3 aromatic heterocycles. The van der Waals surface area contributed by atoms with Crippen molar-refractivity contribution in [2.75, 3.05) is 51.3 Å². The molecule has 0 unspecified atom stereocenters. The van der Waals surface area contributed by atoms with Gasteiger partial charge in [-0.15, -0.1) is 11.3 Å². The molecule has 6 heterocycles. The molecule has 328 valence electrons. The SMILES string of the molecule is CC[n+]1c(-c2cc(N3CCN(C4CC4)CC3)cnc2[C@H](C)OC)n2c3cc(ccc31)-c1csc(n1)C[C@H](NC(=O)[C@@H]1CC[C@H]1C#N)C(=O)N1CCC[C@H](N1)C(=O)OCC(C)(C)C2. The van der Waals surface area contributed by atoms with Crippen molar-refractivity contribution in [3.05, 3.63) is 46.5 Å². The van der Waals surface area contributed by atoms with Crippen molar-refractivity contribution in [3.8, 4) is 28.7 Å². The highest BCUT2D eigenvalue weighted by Crippen LogP contribution is 2.38. The summed E-state index contributed by atoms with van der Waals surface area (Å²) in [5.74, 6) is -0.895. The van der Waals surface area contributed by atoms with Gasteiger partial charge in [-0.1, -0.05) is 13.8 Å². The monoisotopic (exact) mass is 863 g/mol. The molecule has 3 aliphatic heterocycles. The maximum absolute atomic E-state index is 14.2. The number of amides is 2. The summed E-state index contributed by atoms with van der Waals surface area (Å²) < 4.78 is 16.8. The molecule has 15 nitrogen and oxygen atoms in total. The first-order valence-corrected chi connectivity index (χ1v) is 23.3. The van der Waals surface area contributed by atoms with Gasteiger partial charge in [0.05, 0.1) is 70.9 Å². The average Bonchev–Trinajstić information content (AvgIpc) is 3.95. The summed E-state index contributed by atoms with van der Waals surface area (Å²) in [6.45, 7) is 14.2. The fourth-order valence-corrected chi connectivity index (χ4v) is 10.5. The van der Waals surface area contributed by atoms with Gasteiger partial charge >= 0.3 is 5.97 Å². The van der Waals surface area contributed by atoms with Gasteiger partial charge in [-0.05, 0) is 76.6 Å². The summed E-state index contributed by atoms with van der Waals surface area (Å²) in [7, 11) is 1.72. The van der Waals surface area contributed by atoms with Crippen molar-refractivity contribution in [2.24, 2.45) is 17.3 Å². The number of hydrogen-bond acceptors (Lipinski definition) is 12. The Kier molecular flexibility index (Phi) is 11.8. The van der Waals surface area contributed by atoms with E-state index in [4.69, 9.17) is 19.4 Å². The van der Waals surface area contributed by atoms with Gasteiger partial charge in [0, 0.05) is 68.7 Å². The van der Waals surface area contributed by atoms with Gasteiger partial charge in [0.2, 0.25) is 5.91 Å². The van der Waals surface area contributed by atoms with E-state index in [1.54, 1.807) is 7.11 Å². The quantitative estimate of drug-likeness (QED) is 0.185. The zero-order valence-electron chi connectivity index (χ0n) is 36.6. The number of nitriles is 1. The van der Waals surface area contributed by atoms with E-state index in [0.717, 1.165) is 77.3 Å². The topological polar surface area (TPSA) is 162 Å². The lowest BCUT2D eigenvalue weighted by molar-refractivity contribution is -0.657. The molecule has 2 saturated carbocycles. The van der Waals surface area contributed by atoms with E-state index in [-0.39, 0.29) is 36.9 Å². The fourth-order valence-electron chi connectivity index (χ4n) is 9.61. The lowest BCUT2D eigenvalue weighted by Crippen LogP contribution is -2.61. The summed E-state index contributed by atoms with van der Waals surface area (Å²) >= 11 is 1.45. The lowest BCUT2D eigenvalue weighted by atomic mass is 9.74. The van der Waals surface area contributed by atoms with Crippen LogP contribution in [0.2, 0.25) is 0 Å². The minimum atomic E-state index is -0.942. The predicted octanol–water partition coefficient (Wildman–Crippen LogP) is 4.78. The summed E-state index contributed by atoms with van der Waals surface area (Å²) in [5.41, 5.74) is 9.31. The molecular weight excluding hydrogens is 805 g/mol. The highest BCUT2D eigenvalue weighted by molar-refractivity contribution is 7.10. The van der Waals surface area contributed by atoms with E-state index < -0.39 is 29.4 Å². The fraction of sp³-hybridized carbons (Fsp3) is 0.587. The molecule has 5 atom stereocenters. The zero-order valence-corrected chi connectivity index (χ0v) is 37.4. The van der Waals surface area contributed by atoms with Gasteiger partial charge in [0.15, 0.2) is 11.0 Å². The van der Waals surface area contributed by atoms with Crippen molar-refractivity contribution < 1.29 is 28.4 Å². The average molecular weight is 864 g/mol. The summed E-state index contributed by atoms with van der Waals surface area (Å²) in [6.07, 6.45) is 6.87. The number of fused-ring (bicyclic) bond motifs is 6. The van der Waals surface area contributed by atoms with Crippen molar-refractivity contribution >= 4 is 45.8 Å².